The molecule has 2 heterocycles. The van der Waals surface area contributed by atoms with Crippen molar-refractivity contribution >= 4 is 11.8 Å². The molecule has 1 fully saturated rings. The summed E-state index contributed by atoms with van der Waals surface area (Å²) in [6.07, 6.45) is 3.20. The van der Waals surface area contributed by atoms with Gasteiger partial charge in [0, 0.05) is 32.5 Å². The SMILES string of the molecule is CC(C)CC(=O)N1Cc2ccccc2C[C@H]1C(=O)NC[C@@H]1CCCO1. The van der Waals surface area contributed by atoms with Gasteiger partial charge in [-0.1, -0.05) is 38.1 Å². The number of hydrogen-bond acceptors (Lipinski definition) is 3. The minimum Gasteiger partial charge on any atom is -0.376 e. The van der Waals surface area contributed by atoms with Crippen LogP contribution in [0.15, 0.2) is 24.3 Å². The Hall–Kier alpha value is -1.88. The first-order chi connectivity index (χ1) is 12.0. The van der Waals surface area contributed by atoms with Gasteiger partial charge >= 0.3 is 0 Å². The lowest BCUT2D eigenvalue weighted by Gasteiger charge is -2.36. The second-order valence-corrected chi connectivity index (χ2v) is 7.49. The Kier molecular flexibility index (Phi) is 5.74. The Morgan fingerprint density at radius 1 is 1.28 bits per heavy atom. The van der Waals surface area contributed by atoms with E-state index >= 15 is 0 Å². The number of amides is 2. The van der Waals surface area contributed by atoms with Crippen molar-refractivity contribution in [1.82, 2.24) is 10.2 Å². The second kappa shape index (κ2) is 8.00. The molecule has 0 aliphatic carbocycles. The van der Waals surface area contributed by atoms with E-state index in [4.69, 9.17) is 4.74 Å². The van der Waals surface area contributed by atoms with Crippen molar-refractivity contribution in [2.75, 3.05) is 13.2 Å². The molecular weight excluding hydrogens is 316 g/mol. The molecule has 5 nitrogen and oxygen atoms in total. The van der Waals surface area contributed by atoms with Gasteiger partial charge in [0.2, 0.25) is 11.8 Å². The zero-order valence-corrected chi connectivity index (χ0v) is 15.2. The molecule has 1 N–H and O–H groups in total. The van der Waals surface area contributed by atoms with E-state index in [-0.39, 0.29) is 23.8 Å². The van der Waals surface area contributed by atoms with Crippen molar-refractivity contribution in [3.8, 4) is 0 Å². The fraction of sp³-hybridized carbons (Fsp3) is 0.600. The Bertz CT molecular complexity index is 623. The molecule has 1 saturated heterocycles. The molecule has 1 aromatic rings. The lowest BCUT2D eigenvalue weighted by molar-refractivity contribution is -0.142. The standard InChI is InChI=1S/C20H28N2O3/c1-14(2)10-19(23)22-13-16-7-4-3-6-15(16)11-18(22)20(24)21-12-17-8-5-9-25-17/h3-4,6-7,14,17-18H,5,8-13H2,1-2H3,(H,21,24)/t17-,18-/m0/s1. The number of nitrogens with one attached hydrogen (secondary N) is 1. The summed E-state index contributed by atoms with van der Waals surface area (Å²) in [6.45, 7) is 5.88. The van der Waals surface area contributed by atoms with Gasteiger partial charge in [-0.15, -0.1) is 0 Å². The number of carbonyl (C=O) groups is 2. The van der Waals surface area contributed by atoms with Crippen molar-refractivity contribution in [3.63, 3.8) is 0 Å². The van der Waals surface area contributed by atoms with E-state index in [1.54, 1.807) is 4.90 Å². The highest BCUT2D eigenvalue weighted by Gasteiger charge is 2.34. The fourth-order valence-electron chi connectivity index (χ4n) is 3.62. The molecule has 136 valence electrons. The summed E-state index contributed by atoms with van der Waals surface area (Å²) in [7, 11) is 0. The maximum absolute atomic E-state index is 12.8. The van der Waals surface area contributed by atoms with Gasteiger partial charge < -0.3 is 15.0 Å². The zero-order chi connectivity index (χ0) is 17.8. The van der Waals surface area contributed by atoms with Crippen LogP contribution >= 0.6 is 0 Å². The fourth-order valence-corrected chi connectivity index (χ4v) is 3.62. The first-order valence-electron chi connectivity index (χ1n) is 9.30. The van der Waals surface area contributed by atoms with E-state index in [0.29, 0.717) is 25.9 Å². The molecule has 2 atom stereocenters. The van der Waals surface area contributed by atoms with Gasteiger partial charge in [-0.05, 0) is 29.9 Å². The molecular formula is C20H28N2O3. The van der Waals surface area contributed by atoms with Crippen LogP contribution in [0.4, 0.5) is 0 Å². The van der Waals surface area contributed by atoms with E-state index in [2.05, 4.69) is 11.4 Å². The lowest BCUT2D eigenvalue weighted by atomic mass is 9.92. The van der Waals surface area contributed by atoms with Crippen molar-refractivity contribution in [2.45, 2.75) is 58.2 Å². The molecule has 0 spiro atoms. The van der Waals surface area contributed by atoms with E-state index < -0.39 is 6.04 Å². The first-order valence-corrected chi connectivity index (χ1v) is 9.30. The lowest BCUT2D eigenvalue weighted by Crippen LogP contribution is -2.53. The number of carbonyl (C=O) groups excluding carboxylic acids is 2. The normalized spacial score (nSPS) is 22.8. The molecule has 0 aromatic heterocycles. The highest BCUT2D eigenvalue weighted by molar-refractivity contribution is 5.88. The zero-order valence-electron chi connectivity index (χ0n) is 15.2. The average molecular weight is 344 g/mol. The van der Waals surface area contributed by atoms with Gasteiger partial charge in [-0.25, -0.2) is 0 Å². The molecule has 2 aliphatic rings. The molecule has 0 radical (unpaired) electrons. The van der Waals surface area contributed by atoms with Gasteiger partial charge in [0.25, 0.3) is 0 Å². The van der Waals surface area contributed by atoms with Gasteiger partial charge in [-0.3, -0.25) is 9.59 Å². The van der Waals surface area contributed by atoms with Crippen LogP contribution in [0.2, 0.25) is 0 Å². The molecule has 25 heavy (non-hydrogen) atoms. The summed E-state index contributed by atoms with van der Waals surface area (Å²) >= 11 is 0. The molecule has 0 bridgehead atoms. The van der Waals surface area contributed by atoms with Crippen molar-refractivity contribution < 1.29 is 14.3 Å². The van der Waals surface area contributed by atoms with Crippen LogP contribution in [0.3, 0.4) is 0 Å². The maximum Gasteiger partial charge on any atom is 0.243 e. The quantitative estimate of drug-likeness (QED) is 0.891. The topological polar surface area (TPSA) is 58.6 Å². The minimum atomic E-state index is -0.428. The first kappa shape index (κ1) is 17.9. The number of rotatable bonds is 5. The Labute approximate surface area is 149 Å². The summed E-state index contributed by atoms with van der Waals surface area (Å²) in [5, 5.41) is 3.01. The summed E-state index contributed by atoms with van der Waals surface area (Å²) in [6, 6.07) is 7.65. The number of benzene rings is 1. The van der Waals surface area contributed by atoms with Gasteiger partial charge in [0.1, 0.15) is 6.04 Å². The van der Waals surface area contributed by atoms with Gasteiger partial charge in [0.15, 0.2) is 0 Å². The van der Waals surface area contributed by atoms with Crippen LogP contribution in [-0.2, 0) is 27.3 Å². The molecule has 2 amide bonds. The van der Waals surface area contributed by atoms with Crippen LogP contribution in [0.5, 0.6) is 0 Å². The van der Waals surface area contributed by atoms with Crippen LogP contribution in [0.1, 0.15) is 44.2 Å². The number of nitrogens with zero attached hydrogens (tertiary/aromatic N) is 1. The van der Waals surface area contributed by atoms with Gasteiger partial charge in [-0.2, -0.15) is 0 Å². The largest absolute Gasteiger partial charge is 0.376 e. The Morgan fingerprint density at radius 2 is 2.04 bits per heavy atom. The molecule has 0 unspecified atom stereocenters. The average Bonchev–Trinajstić information content (AvgIpc) is 3.11. The number of hydrogen-bond donors (Lipinski definition) is 1. The van der Waals surface area contributed by atoms with Crippen molar-refractivity contribution in [2.24, 2.45) is 5.92 Å². The molecule has 1 aromatic carbocycles. The molecule has 3 rings (SSSR count). The summed E-state index contributed by atoms with van der Waals surface area (Å²) < 4.78 is 5.58. The number of ether oxygens (including phenoxy) is 1. The predicted molar refractivity (Wildman–Crippen MR) is 95.9 cm³/mol. The Balaban J connectivity index is 1.72. The third kappa shape index (κ3) is 4.40. The predicted octanol–water partition coefficient (Wildman–Crippen LogP) is 2.28. The highest BCUT2D eigenvalue weighted by Crippen LogP contribution is 2.25. The van der Waals surface area contributed by atoms with Crippen molar-refractivity contribution in [3.05, 3.63) is 35.4 Å². The molecule has 2 aliphatic heterocycles. The third-order valence-corrected chi connectivity index (χ3v) is 4.98. The smallest absolute Gasteiger partial charge is 0.243 e. The second-order valence-electron chi connectivity index (χ2n) is 7.49. The summed E-state index contributed by atoms with van der Waals surface area (Å²) in [4.78, 5) is 27.3. The maximum atomic E-state index is 12.8. The van der Waals surface area contributed by atoms with Crippen molar-refractivity contribution in [1.29, 1.82) is 0 Å². The third-order valence-electron chi connectivity index (χ3n) is 4.98. The molecule has 0 saturated carbocycles. The van der Waals surface area contributed by atoms with E-state index in [9.17, 15) is 9.59 Å². The van der Waals surface area contributed by atoms with Crippen LogP contribution < -0.4 is 5.32 Å². The molecule has 5 heteroatoms. The van der Waals surface area contributed by atoms with Gasteiger partial charge in [0.05, 0.1) is 6.10 Å². The number of fused-ring (bicyclic) bond motifs is 1. The van der Waals surface area contributed by atoms with Crippen LogP contribution in [0, 0.1) is 5.92 Å². The highest BCUT2D eigenvalue weighted by atomic mass is 16.5. The monoisotopic (exact) mass is 344 g/mol. The minimum absolute atomic E-state index is 0.0572. The van der Waals surface area contributed by atoms with E-state index in [1.165, 1.54) is 0 Å². The van der Waals surface area contributed by atoms with E-state index in [1.807, 2.05) is 32.0 Å². The summed E-state index contributed by atoms with van der Waals surface area (Å²) in [5.41, 5.74) is 2.30. The van der Waals surface area contributed by atoms with E-state index in [0.717, 1.165) is 30.6 Å². The van der Waals surface area contributed by atoms with Crippen LogP contribution in [0.25, 0.3) is 0 Å². The van der Waals surface area contributed by atoms with Crippen LogP contribution in [-0.4, -0.2) is 42.0 Å². The Morgan fingerprint density at radius 3 is 2.72 bits per heavy atom. The summed E-state index contributed by atoms with van der Waals surface area (Å²) in [5.74, 6) is 0.268.